The van der Waals surface area contributed by atoms with E-state index in [-0.39, 0.29) is 11.5 Å². The third kappa shape index (κ3) is 1.94. The third-order valence-electron chi connectivity index (χ3n) is 2.91. The van der Waals surface area contributed by atoms with Gasteiger partial charge in [0, 0.05) is 5.41 Å². The number of anilines is 1. The van der Waals surface area contributed by atoms with Crippen LogP contribution >= 0.6 is 0 Å². The second-order valence-electron chi connectivity index (χ2n) is 5.19. The number of rotatable bonds is 1. The predicted octanol–water partition coefficient (Wildman–Crippen LogP) is 2.91. The number of fused-ring (bicyclic) bond motifs is 1. The number of benzene rings is 1. The molecule has 1 aliphatic heterocycles. The van der Waals surface area contributed by atoms with Crippen molar-refractivity contribution in [1.29, 1.82) is 0 Å². The monoisotopic (exact) mass is 221 g/mol. The Morgan fingerprint density at radius 2 is 2.12 bits per heavy atom. The maximum atomic E-state index is 6.00. The molecule has 0 radical (unpaired) electrons. The van der Waals surface area contributed by atoms with Crippen molar-refractivity contribution < 1.29 is 9.47 Å². The second-order valence-corrected chi connectivity index (χ2v) is 5.19. The molecule has 1 unspecified atom stereocenters. The minimum atomic E-state index is 0.133. The van der Waals surface area contributed by atoms with E-state index in [1.54, 1.807) is 7.11 Å². The van der Waals surface area contributed by atoms with Gasteiger partial charge in [0.05, 0.1) is 13.7 Å². The smallest absolute Gasteiger partial charge is 0.146 e. The van der Waals surface area contributed by atoms with Crippen molar-refractivity contribution in [3.8, 4) is 11.5 Å². The van der Waals surface area contributed by atoms with Crippen molar-refractivity contribution in [2.24, 2.45) is 5.41 Å². The number of ether oxygens (including phenoxy) is 2. The molecule has 1 heterocycles. The fourth-order valence-electron chi connectivity index (χ4n) is 1.83. The number of nitrogens with one attached hydrogen (secondary N) is 1. The molecular formula is C13H19NO2. The van der Waals surface area contributed by atoms with Crippen LogP contribution in [-0.4, -0.2) is 19.8 Å². The van der Waals surface area contributed by atoms with Gasteiger partial charge in [0.25, 0.3) is 0 Å². The Morgan fingerprint density at radius 1 is 1.38 bits per heavy atom. The largest absolute Gasteiger partial charge is 0.494 e. The van der Waals surface area contributed by atoms with E-state index in [1.807, 2.05) is 18.2 Å². The van der Waals surface area contributed by atoms with E-state index in [4.69, 9.17) is 9.47 Å². The van der Waals surface area contributed by atoms with E-state index in [1.165, 1.54) is 0 Å². The molecule has 0 spiro atoms. The van der Waals surface area contributed by atoms with Crippen molar-refractivity contribution in [2.45, 2.75) is 26.9 Å². The van der Waals surface area contributed by atoms with E-state index >= 15 is 0 Å². The molecule has 1 aliphatic rings. The highest BCUT2D eigenvalue weighted by atomic mass is 16.5. The van der Waals surface area contributed by atoms with Gasteiger partial charge in [-0.1, -0.05) is 26.8 Å². The average Bonchev–Trinajstić information content (AvgIpc) is 2.26. The van der Waals surface area contributed by atoms with Crippen molar-refractivity contribution in [1.82, 2.24) is 0 Å². The van der Waals surface area contributed by atoms with Crippen LogP contribution < -0.4 is 14.8 Å². The Morgan fingerprint density at radius 3 is 2.75 bits per heavy atom. The highest BCUT2D eigenvalue weighted by Crippen LogP contribution is 2.39. The lowest BCUT2D eigenvalue weighted by molar-refractivity contribution is 0.0917. The van der Waals surface area contributed by atoms with Gasteiger partial charge in [-0.15, -0.1) is 0 Å². The number of para-hydroxylation sites is 1. The molecule has 0 amide bonds. The molecule has 3 nitrogen and oxygen atoms in total. The first-order valence-electron chi connectivity index (χ1n) is 5.60. The SMILES string of the molecule is COc1cccc2c1NCC(C(C)(C)C)O2. The zero-order valence-electron chi connectivity index (χ0n) is 10.3. The number of hydrogen-bond donors (Lipinski definition) is 1. The van der Waals surface area contributed by atoms with E-state index in [2.05, 4.69) is 26.1 Å². The summed E-state index contributed by atoms with van der Waals surface area (Å²) in [5, 5.41) is 3.39. The normalized spacial score (nSPS) is 19.4. The van der Waals surface area contributed by atoms with Gasteiger partial charge in [0.2, 0.25) is 0 Å². The zero-order valence-corrected chi connectivity index (χ0v) is 10.3. The maximum absolute atomic E-state index is 6.00. The Kier molecular flexibility index (Phi) is 2.70. The molecule has 0 aliphatic carbocycles. The molecule has 2 rings (SSSR count). The van der Waals surface area contributed by atoms with Gasteiger partial charge in [0.1, 0.15) is 23.3 Å². The maximum Gasteiger partial charge on any atom is 0.146 e. The zero-order chi connectivity index (χ0) is 11.8. The van der Waals surface area contributed by atoms with Gasteiger partial charge in [-0.25, -0.2) is 0 Å². The molecular weight excluding hydrogens is 202 g/mol. The van der Waals surface area contributed by atoms with Crippen molar-refractivity contribution >= 4 is 5.69 Å². The van der Waals surface area contributed by atoms with Crippen LogP contribution in [0.1, 0.15) is 20.8 Å². The molecule has 1 N–H and O–H groups in total. The molecule has 1 atom stereocenters. The molecule has 0 saturated heterocycles. The van der Waals surface area contributed by atoms with Gasteiger partial charge in [-0.2, -0.15) is 0 Å². The van der Waals surface area contributed by atoms with Crippen LogP contribution in [0.5, 0.6) is 11.5 Å². The quantitative estimate of drug-likeness (QED) is 0.791. The van der Waals surface area contributed by atoms with Crippen LogP contribution in [0.2, 0.25) is 0 Å². The van der Waals surface area contributed by atoms with Crippen molar-refractivity contribution in [2.75, 3.05) is 19.0 Å². The van der Waals surface area contributed by atoms with Crippen LogP contribution in [0.25, 0.3) is 0 Å². The first-order valence-corrected chi connectivity index (χ1v) is 5.60. The minimum Gasteiger partial charge on any atom is -0.494 e. The molecule has 0 bridgehead atoms. The fourth-order valence-corrected chi connectivity index (χ4v) is 1.83. The highest BCUT2D eigenvalue weighted by molar-refractivity contribution is 5.67. The molecule has 3 heteroatoms. The summed E-state index contributed by atoms with van der Waals surface area (Å²) >= 11 is 0. The van der Waals surface area contributed by atoms with Crippen LogP contribution in [0.15, 0.2) is 18.2 Å². The number of methoxy groups -OCH3 is 1. The lowest BCUT2D eigenvalue weighted by Gasteiger charge is -2.36. The molecule has 88 valence electrons. The second kappa shape index (κ2) is 3.89. The Hall–Kier alpha value is -1.38. The summed E-state index contributed by atoms with van der Waals surface area (Å²) in [6, 6.07) is 5.86. The standard InChI is InChI=1S/C13H19NO2/c1-13(2,3)11-8-14-12-9(15-4)6-5-7-10(12)16-11/h5-7,11,14H,8H2,1-4H3. The number of hydrogen-bond acceptors (Lipinski definition) is 3. The first kappa shape index (κ1) is 11.1. The summed E-state index contributed by atoms with van der Waals surface area (Å²) in [4.78, 5) is 0. The lowest BCUT2D eigenvalue weighted by atomic mass is 9.88. The Bertz CT molecular complexity index is 382. The molecule has 1 aromatic carbocycles. The van der Waals surface area contributed by atoms with E-state index in [9.17, 15) is 0 Å². The summed E-state index contributed by atoms with van der Waals surface area (Å²) in [6.07, 6.45) is 0.187. The summed E-state index contributed by atoms with van der Waals surface area (Å²) in [5.41, 5.74) is 1.10. The van der Waals surface area contributed by atoms with Crippen molar-refractivity contribution in [3.63, 3.8) is 0 Å². The van der Waals surface area contributed by atoms with Gasteiger partial charge in [-0.05, 0) is 12.1 Å². The predicted molar refractivity (Wildman–Crippen MR) is 65.4 cm³/mol. The van der Waals surface area contributed by atoms with Crippen molar-refractivity contribution in [3.05, 3.63) is 18.2 Å². The molecule has 0 fully saturated rings. The first-order chi connectivity index (χ1) is 7.52. The van der Waals surface area contributed by atoms with Crippen LogP contribution in [-0.2, 0) is 0 Å². The topological polar surface area (TPSA) is 30.5 Å². The van der Waals surface area contributed by atoms with Gasteiger partial charge in [-0.3, -0.25) is 0 Å². The molecule has 1 aromatic rings. The fraction of sp³-hybridized carbons (Fsp3) is 0.538. The lowest BCUT2D eigenvalue weighted by Crippen LogP contribution is -2.41. The highest BCUT2D eigenvalue weighted by Gasteiger charge is 2.31. The van der Waals surface area contributed by atoms with Crippen LogP contribution in [0.3, 0.4) is 0 Å². The molecule has 0 aromatic heterocycles. The van der Waals surface area contributed by atoms with E-state index in [0.29, 0.717) is 0 Å². The molecule has 0 saturated carbocycles. The van der Waals surface area contributed by atoms with Crippen LogP contribution in [0.4, 0.5) is 5.69 Å². The van der Waals surface area contributed by atoms with E-state index < -0.39 is 0 Å². The Labute approximate surface area is 96.8 Å². The minimum absolute atomic E-state index is 0.133. The van der Waals surface area contributed by atoms with Gasteiger partial charge < -0.3 is 14.8 Å². The Balaban J connectivity index is 2.28. The van der Waals surface area contributed by atoms with E-state index in [0.717, 1.165) is 23.7 Å². The summed E-state index contributed by atoms with van der Waals surface area (Å²) in [5.74, 6) is 1.72. The van der Waals surface area contributed by atoms with Gasteiger partial charge >= 0.3 is 0 Å². The van der Waals surface area contributed by atoms with Crippen LogP contribution in [0, 0.1) is 5.41 Å². The van der Waals surface area contributed by atoms with Gasteiger partial charge in [0.15, 0.2) is 0 Å². The summed E-state index contributed by atoms with van der Waals surface area (Å²) in [7, 11) is 1.67. The summed E-state index contributed by atoms with van der Waals surface area (Å²) < 4.78 is 11.3. The molecule has 16 heavy (non-hydrogen) atoms. The third-order valence-corrected chi connectivity index (χ3v) is 2.91. The average molecular weight is 221 g/mol. The summed E-state index contributed by atoms with van der Waals surface area (Å²) in [6.45, 7) is 7.37.